The number of thioether (sulfide) groups is 1. The molecular formula is C16H26N4O2S. The van der Waals surface area contributed by atoms with Crippen LogP contribution in [0.15, 0.2) is 14.7 Å². The molecule has 1 N–H and O–H groups in total. The van der Waals surface area contributed by atoms with Crippen molar-refractivity contribution in [1.29, 1.82) is 0 Å². The lowest BCUT2D eigenvalue weighted by molar-refractivity contribution is 0.562. The van der Waals surface area contributed by atoms with E-state index < -0.39 is 5.69 Å². The Morgan fingerprint density at radius 3 is 2.61 bits per heavy atom. The zero-order valence-electron chi connectivity index (χ0n) is 14.4. The summed E-state index contributed by atoms with van der Waals surface area (Å²) in [5, 5.41) is 0.830. The summed E-state index contributed by atoms with van der Waals surface area (Å²) >= 11 is 1.65. The molecule has 23 heavy (non-hydrogen) atoms. The van der Waals surface area contributed by atoms with E-state index in [1.807, 2.05) is 4.57 Å². The standard InChI is InChI=1S/C16H26N4O2S/c1-5-6-7-8-9-20-12-13(17-16(20)23-10-11(2)3)19(4)15(22)18-14(12)21/h11H,5-10H2,1-4H3,(H,18,21,22). The molecule has 2 aromatic rings. The lowest BCUT2D eigenvalue weighted by Gasteiger charge is -2.09. The fraction of sp³-hybridized carbons (Fsp3) is 0.688. The number of imidazole rings is 1. The van der Waals surface area contributed by atoms with Gasteiger partial charge in [0.15, 0.2) is 16.3 Å². The van der Waals surface area contributed by atoms with Crippen LogP contribution in [0.1, 0.15) is 46.5 Å². The van der Waals surface area contributed by atoms with E-state index in [-0.39, 0.29) is 5.56 Å². The molecule has 0 radical (unpaired) electrons. The highest BCUT2D eigenvalue weighted by molar-refractivity contribution is 7.99. The second kappa shape index (κ2) is 7.86. The Morgan fingerprint density at radius 1 is 1.22 bits per heavy atom. The molecule has 6 nitrogen and oxygen atoms in total. The molecule has 0 fully saturated rings. The van der Waals surface area contributed by atoms with Crippen LogP contribution in [0.5, 0.6) is 0 Å². The summed E-state index contributed by atoms with van der Waals surface area (Å²) in [5.41, 5.74) is 0.219. The molecule has 7 heteroatoms. The zero-order chi connectivity index (χ0) is 17.0. The number of nitrogens with one attached hydrogen (secondary N) is 1. The third kappa shape index (κ3) is 4.07. The number of aryl methyl sites for hydroxylation is 2. The second-order valence-electron chi connectivity index (χ2n) is 6.30. The Bertz CT molecular complexity index is 773. The van der Waals surface area contributed by atoms with Crippen LogP contribution < -0.4 is 11.2 Å². The van der Waals surface area contributed by atoms with Crippen LogP contribution in [-0.4, -0.2) is 24.9 Å². The zero-order valence-corrected chi connectivity index (χ0v) is 15.2. The summed E-state index contributed by atoms with van der Waals surface area (Å²) in [4.78, 5) is 31.0. The second-order valence-corrected chi connectivity index (χ2v) is 7.29. The van der Waals surface area contributed by atoms with Crippen LogP contribution in [0.2, 0.25) is 0 Å². The lowest BCUT2D eigenvalue weighted by atomic mass is 10.2. The van der Waals surface area contributed by atoms with E-state index in [1.165, 1.54) is 17.4 Å². The van der Waals surface area contributed by atoms with Crippen molar-refractivity contribution in [2.75, 3.05) is 5.75 Å². The molecule has 0 amide bonds. The van der Waals surface area contributed by atoms with Gasteiger partial charge in [-0.25, -0.2) is 9.78 Å². The summed E-state index contributed by atoms with van der Waals surface area (Å²) in [6, 6.07) is 0. The first-order chi connectivity index (χ1) is 11.0. The number of fused-ring (bicyclic) bond motifs is 1. The first-order valence-corrected chi connectivity index (χ1v) is 9.26. The molecule has 0 saturated carbocycles. The Balaban J connectivity index is 2.45. The number of rotatable bonds is 8. The van der Waals surface area contributed by atoms with Crippen LogP contribution in [0.3, 0.4) is 0 Å². The monoisotopic (exact) mass is 338 g/mol. The molecule has 2 aromatic heterocycles. The smallest absolute Gasteiger partial charge is 0.313 e. The lowest BCUT2D eigenvalue weighted by Crippen LogP contribution is -2.29. The van der Waals surface area contributed by atoms with Crippen LogP contribution in [0.25, 0.3) is 11.2 Å². The first-order valence-electron chi connectivity index (χ1n) is 8.28. The van der Waals surface area contributed by atoms with Gasteiger partial charge < -0.3 is 4.57 Å². The molecule has 0 atom stereocenters. The van der Waals surface area contributed by atoms with Crippen molar-refractivity contribution < 1.29 is 0 Å². The van der Waals surface area contributed by atoms with Crippen LogP contribution in [0, 0.1) is 5.92 Å². The van der Waals surface area contributed by atoms with E-state index in [1.54, 1.807) is 18.8 Å². The number of nitrogens with zero attached hydrogens (tertiary/aromatic N) is 3. The molecule has 0 spiro atoms. The van der Waals surface area contributed by atoms with E-state index in [9.17, 15) is 9.59 Å². The van der Waals surface area contributed by atoms with Gasteiger partial charge >= 0.3 is 5.69 Å². The van der Waals surface area contributed by atoms with Gasteiger partial charge in [0.25, 0.3) is 5.56 Å². The highest BCUT2D eigenvalue weighted by Crippen LogP contribution is 2.24. The van der Waals surface area contributed by atoms with E-state index in [0.717, 1.165) is 30.3 Å². The topological polar surface area (TPSA) is 72.7 Å². The number of aromatic nitrogens is 4. The van der Waals surface area contributed by atoms with Crippen molar-refractivity contribution in [3.05, 3.63) is 20.8 Å². The van der Waals surface area contributed by atoms with Crippen molar-refractivity contribution >= 4 is 22.9 Å². The highest BCUT2D eigenvalue weighted by atomic mass is 32.2. The normalized spacial score (nSPS) is 11.7. The third-order valence-electron chi connectivity index (χ3n) is 3.75. The number of H-pyrrole nitrogens is 1. The molecule has 0 aromatic carbocycles. The molecular weight excluding hydrogens is 312 g/mol. The van der Waals surface area contributed by atoms with E-state index in [2.05, 4.69) is 30.7 Å². The number of hydrogen-bond acceptors (Lipinski definition) is 4. The van der Waals surface area contributed by atoms with Crippen molar-refractivity contribution in [3.8, 4) is 0 Å². The minimum absolute atomic E-state index is 0.345. The Kier molecular flexibility index (Phi) is 6.10. The van der Waals surface area contributed by atoms with Gasteiger partial charge in [-0.3, -0.25) is 14.3 Å². The largest absolute Gasteiger partial charge is 0.329 e. The number of unbranched alkanes of at least 4 members (excludes halogenated alkanes) is 3. The van der Waals surface area contributed by atoms with Gasteiger partial charge in [0.05, 0.1) is 0 Å². The maximum Gasteiger partial charge on any atom is 0.329 e. The van der Waals surface area contributed by atoms with Crippen LogP contribution in [0.4, 0.5) is 0 Å². The molecule has 128 valence electrons. The van der Waals surface area contributed by atoms with Crippen LogP contribution >= 0.6 is 11.8 Å². The van der Waals surface area contributed by atoms with E-state index in [0.29, 0.717) is 17.1 Å². The summed E-state index contributed by atoms with van der Waals surface area (Å²) in [6.07, 6.45) is 4.51. The van der Waals surface area contributed by atoms with Gasteiger partial charge in [-0.05, 0) is 12.3 Å². The molecule has 0 aliphatic heterocycles. The van der Waals surface area contributed by atoms with E-state index in [4.69, 9.17) is 0 Å². The molecule has 0 unspecified atom stereocenters. The molecule has 2 heterocycles. The Morgan fingerprint density at radius 2 is 1.96 bits per heavy atom. The van der Waals surface area contributed by atoms with Crippen molar-refractivity contribution in [2.24, 2.45) is 13.0 Å². The SMILES string of the molecule is CCCCCCn1c(SCC(C)C)nc2c1c(=O)[nH]c(=O)n2C. The van der Waals surface area contributed by atoms with Gasteiger partial charge in [-0.1, -0.05) is 51.8 Å². The highest BCUT2D eigenvalue weighted by Gasteiger charge is 2.17. The van der Waals surface area contributed by atoms with Crippen molar-refractivity contribution in [3.63, 3.8) is 0 Å². The summed E-state index contributed by atoms with van der Waals surface area (Å²) < 4.78 is 3.40. The quantitative estimate of drug-likeness (QED) is 0.593. The fourth-order valence-electron chi connectivity index (χ4n) is 2.47. The Labute approximate surface area is 140 Å². The minimum Gasteiger partial charge on any atom is -0.313 e. The average molecular weight is 338 g/mol. The maximum atomic E-state index is 12.3. The molecule has 0 saturated heterocycles. The molecule has 0 aliphatic rings. The van der Waals surface area contributed by atoms with E-state index >= 15 is 0 Å². The fourth-order valence-corrected chi connectivity index (χ4v) is 3.44. The van der Waals surface area contributed by atoms with Crippen molar-refractivity contribution in [2.45, 2.75) is 58.2 Å². The number of hydrogen-bond donors (Lipinski definition) is 1. The van der Waals surface area contributed by atoms with Gasteiger partial charge in [0, 0.05) is 19.3 Å². The van der Waals surface area contributed by atoms with Gasteiger partial charge in [-0.2, -0.15) is 0 Å². The summed E-state index contributed by atoms with van der Waals surface area (Å²) in [7, 11) is 1.64. The third-order valence-corrected chi connectivity index (χ3v) is 5.16. The predicted octanol–water partition coefficient (Wildman–Crippen LogP) is 2.75. The van der Waals surface area contributed by atoms with Gasteiger partial charge in [0.2, 0.25) is 0 Å². The minimum atomic E-state index is -0.418. The van der Waals surface area contributed by atoms with Gasteiger partial charge in [0.1, 0.15) is 0 Å². The predicted molar refractivity (Wildman–Crippen MR) is 95.3 cm³/mol. The van der Waals surface area contributed by atoms with Crippen molar-refractivity contribution in [1.82, 2.24) is 19.1 Å². The van der Waals surface area contributed by atoms with Crippen LogP contribution in [-0.2, 0) is 13.6 Å². The average Bonchev–Trinajstić information content (AvgIpc) is 2.86. The number of aromatic amines is 1. The molecule has 0 bridgehead atoms. The molecule has 0 aliphatic carbocycles. The Hall–Kier alpha value is -1.50. The first kappa shape index (κ1) is 17.8. The maximum absolute atomic E-state index is 12.3. The summed E-state index contributed by atoms with van der Waals surface area (Å²) in [6.45, 7) is 7.25. The summed E-state index contributed by atoms with van der Waals surface area (Å²) in [5.74, 6) is 1.47. The van der Waals surface area contributed by atoms with Gasteiger partial charge in [-0.15, -0.1) is 0 Å². The molecule has 2 rings (SSSR count).